The molecule has 2 N–H and O–H groups in total. The van der Waals surface area contributed by atoms with E-state index in [1.807, 2.05) is 6.07 Å². The summed E-state index contributed by atoms with van der Waals surface area (Å²) in [5.41, 5.74) is 1.43. The molecule has 16 heavy (non-hydrogen) atoms. The van der Waals surface area contributed by atoms with Crippen LogP contribution < -0.4 is 5.32 Å². The van der Waals surface area contributed by atoms with E-state index in [1.54, 1.807) is 6.92 Å². The number of esters is 1. The zero-order valence-corrected chi connectivity index (χ0v) is 9.45. The summed E-state index contributed by atoms with van der Waals surface area (Å²) in [5.74, 6) is 0.135. The standard InChI is InChI=1S/C11H17N3O2/c1-2-16-11(15)10-7-9(13-14-10)8-3-5-12-6-4-8/h7-8,12H,2-6H2,1H3,(H,13,14). The molecule has 0 unspecified atom stereocenters. The zero-order chi connectivity index (χ0) is 11.4. The van der Waals surface area contributed by atoms with Crippen molar-refractivity contribution < 1.29 is 9.53 Å². The molecular formula is C11H17N3O2. The lowest BCUT2D eigenvalue weighted by Crippen LogP contribution is -2.26. The second-order valence-corrected chi connectivity index (χ2v) is 3.95. The van der Waals surface area contributed by atoms with Crippen molar-refractivity contribution in [3.63, 3.8) is 0 Å². The van der Waals surface area contributed by atoms with E-state index in [2.05, 4.69) is 15.5 Å². The third kappa shape index (κ3) is 2.41. The number of H-pyrrole nitrogens is 1. The van der Waals surface area contributed by atoms with Gasteiger partial charge in [0.15, 0.2) is 5.69 Å². The molecule has 0 atom stereocenters. The van der Waals surface area contributed by atoms with Crippen LogP contribution in [-0.4, -0.2) is 35.9 Å². The zero-order valence-electron chi connectivity index (χ0n) is 9.45. The number of carbonyl (C=O) groups is 1. The van der Waals surface area contributed by atoms with E-state index in [-0.39, 0.29) is 5.97 Å². The van der Waals surface area contributed by atoms with E-state index in [0.717, 1.165) is 31.6 Å². The van der Waals surface area contributed by atoms with Crippen LogP contribution in [0, 0.1) is 0 Å². The monoisotopic (exact) mass is 223 g/mol. The molecule has 0 aromatic carbocycles. The molecule has 88 valence electrons. The van der Waals surface area contributed by atoms with Crippen molar-refractivity contribution in [2.75, 3.05) is 19.7 Å². The minimum atomic E-state index is -0.348. The maximum absolute atomic E-state index is 11.4. The van der Waals surface area contributed by atoms with Crippen molar-refractivity contribution in [3.8, 4) is 0 Å². The van der Waals surface area contributed by atoms with Gasteiger partial charge in [-0.2, -0.15) is 5.10 Å². The van der Waals surface area contributed by atoms with Crippen molar-refractivity contribution in [2.24, 2.45) is 0 Å². The van der Waals surface area contributed by atoms with Crippen LogP contribution in [0.4, 0.5) is 0 Å². The highest BCUT2D eigenvalue weighted by atomic mass is 16.5. The molecule has 0 aliphatic carbocycles. The van der Waals surface area contributed by atoms with Gasteiger partial charge in [0.2, 0.25) is 0 Å². The number of piperidine rings is 1. The smallest absolute Gasteiger partial charge is 0.358 e. The highest BCUT2D eigenvalue weighted by Gasteiger charge is 2.19. The van der Waals surface area contributed by atoms with Gasteiger partial charge in [-0.1, -0.05) is 0 Å². The van der Waals surface area contributed by atoms with E-state index in [1.165, 1.54) is 0 Å². The fraction of sp³-hybridized carbons (Fsp3) is 0.636. The first kappa shape index (κ1) is 11.1. The van der Waals surface area contributed by atoms with Crippen molar-refractivity contribution in [1.29, 1.82) is 0 Å². The number of hydrogen-bond donors (Lipinski definition) is 2. The Morgan fingerprint density at radius 1 is 1.56 bits per heavy atom. The van der Waals surface area contributed by atoms with Crippen molar-refractivity contribution >= 4 is 5.97 Å². The van der Waals surface area contributed by atoms with Crippen LogP contribution in [0.25, 0.3) is 0 Å². The van der Waals surface area contributed by atoms with Crippen molar-refractivity contribution in [1.82, 2.24) is 15.5 Å². The van der Waals surface area contributed by atoms with E-state index in [0.29, 0.717) is 18.2 Å². The highest BCUT2D eigenvalue weighted by Crippen LogP contribution is 2.23. The maximum Gasteiger partial charge on any atom is 0.358 e. The van der Waals surface area contributed by atoms with Crippen molar-refractivity contribution in [2.45, 2.75) is 25.7 Å². The van der Waals surface area contributed by atoms with Gasteiger partial charge in [-0.15, -0.1) is 0 Å². The predicted molar refractivity (Wildman–Crippen MR) is 59.4 cm³/mol. The van der Waals surface area contributed by atoms with Crippen molar-refractivity contribution in [3.05, 3.63) is 17.5 Å². The molecule has 5 nitrogen and oxygen atoms in total. The van der Waals surface area contributed by atoms with E-state index < -0.39 is 0 Å². The minimum Gasteiger partial charge on any atom is -0.461 e. The summed E-state index contributed by atoms with van der Waals surface area (Å²) in [6, 6.07) is 1.81. The lowest BCUT2D eigenvalue weighted by Gasteiger charge is -2.20. The van der Waals surface area contributed by atoms with E-state index in [4.69, 9.17) is 4.74 Å². The normalized spacial score (nSPS) is 17.3. The Kier molecular flexibility index (Phi) is 3.56. The molecule has 1 aromatic rings. The molecule has 5 heteroatoms. The molecular weight excluding hydrogens is 206 g/mol. The molecule has 2 heterocycles. The second-order valence-electron chi connectivity index (χ2n) is 3.95. The highest BCUT2D eigenvalue weighted by molar-refractivity contribution is 5.87. The summed E-state index contributed by atoms with van der Waals surface area (Å²) in [6.07, 6.45) is 2.18. The van der Waals surface area contributed by atoms with Crippen LogP contribution in [0.15, 0.2) is 6.07 Å². The number of nitrogens with zero attached hydrogens (tertiary/aromatic N) is 1. The average molecular weight is 223 g/mol. The molecule has 0 radical (unpaired) electrons. The molecule has 0 amide bonds. The molecule has 1 fully saturated rings. The summed E-state index contributed by atoms with van der Waals surface area (Å²) >= 11 is 0. The number of carbonyl (C=O) groups excluding carboxylic acids is 1. The third-order valence-electron chi connectivity index (χ3n) is 2.86. The molecule has 1 saturated heterocycles. The largest absolute Gasteiger partial charge is 0.461 e. The van der Waals surface area contributed by atoms with Gasteiger partial charge in [-0.05, 0) is 38.9 Å². The topological polar surface area (TPSA) is 67.0 Å². The van der Waals surface area contributed by atoms with Crippen LogP contribution >= 0.6 is 0 Å². The molecule has 1 aliphatic heterocycles. The summed E-state index contributed by atoms with van der Waals surface area (Å²) in [6.45, 7) is 4.23. The first-order valence-electron chi connectivity index (χ1n) is 5.74. The molecule has 1 aromatic heterocycles. The van der Waals surface area contributed by atoms with Crippen LogP contribution in [-0.2, 0) is 4.74 Å². The summed E-state index contributed by atoms with van der Waals surface area (Å²) in [5, 5.41) is 10.2. The summed E-state index contributed by atoms with van der Waals surface area (Å²) in [4.78, 5) is 11.4. The first-order valence-corrected chi connectivity index (χ1v) is 5.74. The first-order chi connectivity index (χ1) is 7.81. The lowest BCUT2D eigenvalue weighted by molar-refractivity contribution is 0.0519. The Labute approximate surface area is 94.6 Å². The number of rotatable bonds is 3. The fourth-order valence-corrected chi connectivity index (χ4v) is 1.99. The average Bonchev–Trinajstić information content (AvgIpc) is 2.80. The van der Waals surface area contributed by atoms with Gasteiger partial charge in [0.1, 0.15) is 0 Å². The summed E-state index contributed by atoms with van der Waals surface area (Å²) in [7, 11) is 0. The van der Waals surface area contributed by atoms with Crippen LogP contribution in [0.5, 0.6) is 0 Å². The Morgan fingerprint density at radius 2 is 2.31 bits per heavy atom. The Bertz CT molecular complexity index is 356. The van der Waals surface area contributed by atoms with Gasteiger partial charge in [-0.25, -0.2) is 4.79 Å². The quantitative estimate of drug-likeness (QED) is 0.752. The van der Waals surface area contributed by atoms with Gasteiger partial charge < -0.3 is 10.1 Å². The second kappa shape index (κ2) is 5.12. The molecule has 1 aliphatic rings. The Hall–Kier alpha value is -1.36. The Morgan fingerprint density at radius 3 is 3.00 bits per heavy atom. The minimum absolute atomic E-state index is 0.348. The molecule has 0 bridgehead atoms. The Balaban J connectivity index is 2.03. The van der Waals surface area contributed by atoms with Gasteiger partial charge in [0.25, 0.3) is 0 Å². The fourth-order valence-electron chi connectivity index (χ4n) is 1.99. The van der Waals surface area contributed by atoms with Gasteiger partial charge in [0, 0.05) is 11.6 Å². The maximum atomic E-state index is 11.4. The lowest BCUT2D eigenvalue weighted by atomic mass is 9.95. The molecule has 2 rings (SSSR count). The van der Waals surface area contributed by atoms with Crippen LogP contribution in [0.3, 0.4) is 0 Å². The SMILES string of the molecule is CCOC(=O)c1cc(C2CCNCC2)[nH]n1. The number of ether oxygens (including phenoxy) is 1. The van der Waals surface area contributed by atoms with E-state index >= 15 is 0 Å². The molecule has 0 saturated carbocycles. The number of aromatic nitrogens is 2. The van der Waals surface area contributed by atoms with Gasteiger partial charge in [-0.3, -0.25) is 5.10 Å². The number of hydrogen-bond acceptors (Lipinski definition) is 4. The van der Waals surface area contributed by atoms with E-state index in [9.17, 15) is 4.79 Å². The predicted octanol–water partition coefficient (Wildman–Crippen LogP) is 1.05. The molecule has 0 spiro atoms. The number of nitrogens with one attached hydrogen (secondary N) is 2. The van der Waals surface area contributed by atoms with Crippen LogP contribution in [0.1, 0.15) is 41.9 Å². The third-order valence-corrected chi connectivity index (χ3v) is 2.86. The van der Waals surface area contributed by atoms with Gasteiger partial charge in [0.05, 0.1) is 6.61 Å². The summed E-state index contributed by atoms with van der Waals surface area (Å²) < 4.78 is 4.89. The van der Waals surface area contributed by atoms with Gasteiger partial charge >= 0.3 is 5.97 Å². The van der Waals surface area contributed by atoms with Crippen LogP contribution in [0.2, 0.25) is 0 Å². The number of aromatic amines is 1.